The molecule has 1 aliphatic carbocycles. The molecule has 3 saturated heterocycles. The van der Waals surface area contributed by atoms with Crippen LogP contribution in [0, 0.1) is 10.8 Å². The lowest BCUT2D eigenvalue weighted by molar-refractivity contribution is 0.0973. The first-order valence-electron chi connectivity index (χ1n) is 13.1. The average molecular weight is 511 g/mol. The number of aliphatic hydroxyl groups excluding tert-OH is 1. The van der Waals surface area contributed by atoms with Crippen LogP contribution in [0.15, 0.2) is 28.4 Å². The molecule has 3 atom stereocenters. The van der Waals surface area contributed by atoms with Gasteiger partial charge in [-0.25, -0.2) is 15.0 Å². The topological polar surface area (TPSA) is 110 Å². The van der Waals surface area contributed by atoms with Crippen molar-refractivity contribution in [1.29, 1.82) is 0 Å². The average Bonchev–Trinajstić information content (AvgIpc) is 3.46. The summed E-state index contributed by atoms with van der Waals surface area (Å²) in [5.41, 5.74) is 7.64. The highest BCUT2D eigenvalue weighted by Crippen LogP contribution is 2.57. The molecule has 0 radical (unpaired) electrons. The van der Waals surface area contributed by atoms with Crippen molar-refractivity contribution in [3.8, 4) is 5.75 Å². The molecule has 2 aromatic heterocycles. The van der Waals surface area contributed by atoms with Crippen molar-refractivity contribution >= 4 is 23.4 Å². The number of ether oxygens (including phenoxy) is 2. The minimum atomic E-state index is -0.152. The number of fused-ring (bicyclic) bond motifs is 3. The lowest BCUT2D eigenvalue weighted by Crippen LogP contribution is -2.51. The second-order valence-corrected chi connectivity index (χ2v) is 12.5. The molecule has 0 aromatic carbocycles. The van der Waals surface area contributed by atoms with Crippen molar-refractivity contribution in [2.75, 3.05) is 42.6 Å². The van der Waals surface area contributed by atoms with Gasteiger partial charge in [-0.3, -0.25) is 0 Å². The highest BCUT2D eigenvalue weighted by atomic mass is 32.2. The number of pyridine rings is 1. The largest absolute Gasteiger partial charge is 0.486 e. The zero-order valence-corrected chi connectivity index (χ0v) is 21.5. The van der Waals surface area contributed by atoms with Gasteiger partial charge in [0.2, 0.25) is 0 Å². The number of nitrogens with zero attached hydrogens (tertiary/aromatic N) is 5. The zero-order valence-electron chi connectivity index (χ0n) is 20.7. The molecule has 2 unspecified atom stereocenters. The van der Waals surface area contributed by atoms with E-state index in [1.165, 1.54) is 31.0 Å². The van der Waals surface area contributed by atoms with Crippen LogP contribution in [0.3, 0.4) is 0 Å². The van der Waals surface area contributed by atoms with Crippen LogP contribution in [0.5, 0.6) is 5.75 Å². The summed E-state index contributed by atoms with van der Waals surface area (Å²) in [6, 6.07) is 2.49. The van der Waals surface area contributed by atoms with Gasteiger partial charge in [0.1, 0.15) is 17.3 Å². The van der Waals surface area contributed by atoms with Crippen LogP contribution >= 0.6 is 11.8 Å². The van der Waals surface area contributed by atoms with Crippen molar-refractivity contribution < 1.29 is 14.6 Å². The summed E-state index contributed by atoms with van der Waals surface area (Å²) in [5, 5.41) is 10.9. The van der Waals surface area contributed by atoms with Gasteiger partial charge in [-0.15, -0.1) is 0 Å². The summed E-state index contributed by atoms with van der Waals surface area (Å²) >= 11 is 1.52. The van der Waals surface area contributed by atoms with E-state index in [0.717, 1.165) is 66.4 Å². The Morgan fingerprint density at radius 3 is 2.75 bits per heavy atom. The van der Waals surface area contributed by atoms with Crippen molar-refractivity contribution in [3.05, 3.63) is 24.2 Å². The first-order chi connectivity index (χ1) is 17.5. The van der Waals surface area contributed by atoms with E-state index in [1.54, 1.807) is 0 Å². The molecule has 0 bridgehead atoms. The molecule has 4 aliphatic heterocycles. The van der Waals surface area contributed by atoms with Gasteiger partial charge in [0.05, 0.1) is 36.5 Å². The van der Waals surface area contributed by atoms with Gasteiger partial charge in [-0.2, -0.15) is 0 Å². The fourth-order valence-corrected chi connectivity index (χ4v) is 7.55. The van der Waals surface area contributed by atoms with Crippen LogP contribution in [0.2, 0.25) is 0 Å². The van der Waals surface area contributed by atoms with Gasteiger partial charge < -0.3 is 30.1 Å². The Morgan fingerprint density at radius 2 is 2.03 bits per heavy atom. The Balaban J connectivity index is 1.09. The van der Waals surface area contributed by atoms with Gasteiger partial charge in [-0.1, -0.05) is 11.8 Å². The molecule has 0 amide bonds. The molecule has 2 spiro atoms. The van der Waals surface area contributed by atoms with E-state index in [2.05, 4.69) is 16.7 Å². The van der Waals surface area contributed by atoms with Crippen LogP contribution in [-0.4, -0.2) is 71.1 Å². The lowest BCUT2D eigenvalue weighted by Gasteiger charge is -2.41. The van der Waals surface area contributed by atoms with Gasteiger partial charge in [0.25, 0.3) is 0 Å². The number of hydrogen-bond donors (Lipinski definition) is 2. The molecule has 10 heteroatoms. The van der Waals surface area contributed by atoms with E-state index < -0.39 is 0 Å². The van der Waals surface area contributed by atoms with Gasteiger partial charge in [0.15, 0.2) is 17.4 Å². The van der Waals surface area contributed by atoms with Crippen LogP contribution in [0.25, 0.3) is 0 Å². The quantitative estimate of drug-likeness (QED) is 0.637. The maximum Gasteiger partial charge on any atom is 0.175 e. The summed E-state index contributed by atoms with van der Waals surface area (Å²) in [4.78, 5) is 19.9. The Labute approximate surface area is 215 Å². The van der Waals surface area contributed by atoms with E-state index in [0.29, 0.717) is 23.8 Å². The van der Waals surface area contributed by atoms with Crippen molar-refractivity contribution in [2.24, 2.45) is 16.6 Å². The smallest absolute Gasteiger partial charge is 0.175 e. The van der Waals surface area contributed by atoms with Crippen LogP contribution in [0.4, 0.5) is 11.6 Å². The minimum Gasteiger partial charge on any atom is -0.486 e. The summed E-state index contributed by atoms with van der Waals surface area (Å²) in [6.45, 7) is 6.12. The normalized spacial score (nSPS) is 29.4. The molecule has 6 heterocycles. The molecule has 192 valence electrons. The standard InChI is InChI=1S/C26H34N6O3S/c1-16-22(27)26(15-35-16)5-8-31(9-6-26)23-18(12-33)30-20(11-29-23)36-19-2-7-28-24-21(19)34-13-17-10-25(3-4-25)14-32(17)24/h2,7,11,16-17,22,33H,3-6,8-10,12-15,27H2,1H3/t16?,17?,22-/m1/s1. The third kappa shape index (κ3) is 3.68. The summed E-state index contributed by atoms with van der Waals surface area (Å²) in [7, 11) is 0. The third-order valence-electron chi connectivity index (χ3n) is 9.18. The molecular formula is C26H34N6O3S. The molecule has 9 nitrogen and oxygen atoms in total. The SMILES string of the molecule is CC1OCC2(CCN(c3ncc(Sc4ccnc5c4OCC4CC6(CC6)CN54)nc3CO)CC2)[C@@H]1N. The summed E-state index contributed by atoms with van der Waals surface area (Å²) in [6.07, 6.45) is 9.57. The fourth-order valence-electron chi connectivity index (χ4n) is 6.69. The second kappa shape index (κ2) is 8.44. The predicted molar refractivity (Wildman–Crippen MR) is 136 cm³/mol. The van der Waals surface area contributed by atoms with Crippen molar-refractivity contribution in [2.45, 2.75) is 73.7 Å². The van der Waals surface area contributed by atoms with E-state index in [-0.39, 0.29) is 24.2 Å². The molecule has 36 heavy (non-hydrogen) atoms. The minimum absolute atomic E-state index is 0.0481. The van der Waals surface area contributed by atoms with Crippen LogP contribution in [0.1, 0.15) is 44.7 Å². The lowest BCUT2D eigenvalue weighted by atomic mass is 9.73. The molecule has 2 aromatic rings. The Bertz CT molecular complexity index is 1170. The van der Waals surface area contributed by atoms with E-state index in [9.17, 15) is 5.11 Å². The molecular weight excluding hydrogens is 476 g/mol. The van der Waals surface area contributed by atoms with Crippen molar-refractivity contribution in [3.63, 3.8) is 0 Å². The molecule has 7 rings (SSSR count). The molecule has 1 saturated carbocycles. The van der Waals surface area contributed by atoms with Gasteiger partial charge >= 0.3 is 0 Å². The maximum absolute atomic E-state index is 10.2. The molecule has 5 aliphatic rings. The number of anilines is 2. The Hall–Kier alpha value is -2.14. The maximum atomic E-state index is 10.2. The Kier molecular flexibility index (Phi) is 5.40. The monoisotopic (exact) mass is 510 g/mol. The summed E-state index contributed by atoms with van der Waals surface area (Å²) < 4.78 is 12.1. The fraction of sp³-hybridized carbons (Fsp3) is 0.654. The van der Waals surface area contributed by atoms with Crippen LogP contribution in [-0.2, 0) is 11.3 Å². The first kappa shape index (κ1) is 23.0. The summed E-state index contributed by atoms with van der Waals surface area (Å²) in [5.74, 6) is 2.57. The second-order valence-electron chi connectivity index (χ2n) is 11.4. The molecule has 3 N–H and O–H groups in total. The highest BCUT2D eigenvalue weighted by Gasteiger charge is 2.54. The van der Waals surface area contributed by atoms with Gasteiger partial charge in [0, 0.05) is 37.3 Å². The first-order valence-corrected chi connectivity index (χ1v) is 14.0. The third-order valence-corrected chi connectivity index (χ3v) is 10.1. The number of nitrogens with two attached hydrogens (primary N) is 1. The predicted octanol–water partition coefficient (Wildman–Crippen LogP) is 2.60. The van der Waals surface area contributed by atoms with E-state index in [1.807, 2.05) is 18.5 Å². The number of piperidine rings is 1. The van der Waals surface area contributed by atoms with E-state index >= 15 is 0 Å². The number of hydrogen-bond acceptors (Lipinski definition) is 10. The van der Waals surface area contributed by atoms with Crippen LogP contribution < -0.4 is 20.3 Å². The van der Waals surface area contributed by atoms with Gasteiger partial charge in [-0.05, 0) is 50.5 Å². The number of aromatic nitrogens is 3. The number of aliphatic hydroxyl groups is 1. The van der Waals surface area contributed by atoms with Crippen molar-refractivity contribution in [1.82, 2.24) is 15.0 Å². The number of rotatable bonds is 4. The highest BCUT2D eigenvalue weighted by molar-refractivity contribution is 7.99. The van der Waals surface area contributed by atoms with E-state index in [4.69, 9.17) is 30.2 Å². The zero-order chi connectivity index (χ0) is 24.5. The molecule has 4 fully saturated rings. The Morgan fingerprint density at radius 1 is 1.19 bits per heavy atom.